The monoisotopic (exact) mass is 268 g/mol. The maximum Gasteiger partial charge on any atom is 0.0700 e. The molecule has 1 aliphatic heterocycles. The first-order valence-corrected chi connectivity index (χ1v) is 8.30. The summed E-state index contributed by atoms with van der Waals surface area (Å²) < 4.78 is 5.78. The van der Waals surface area contributed by atoms with Gasteiger partial charge in [-0.15, -0.1) is 0 Å². The first-order chi connectivity index (χ1) is 9.22. The molecule has 4 atom stereocenters. The fourth-order valence-electron chi connectivity index (χ4n) is 3.76. The van der Waals surface area contributed by atoms with Gasteiger partial charge in [-0.1, -0.05) is 20.8 Å². The second-order valence-electron chi connectivity index (χ2n) is 6.50. The first-order valence-electron chi connectivity index (χ1n) is 8.30. The molecule has 1 saturated carbocycles. The van der Waals surface area contributed by atoms with Gasteiger partial charge < -0.3 is 10.1 Å². The van der Waals surface area contributed by atoms with E-state index in [-0.39, 0.29) is 0 Å². The maximum atomic E-state index is 5.78. The highest BCUT2D eigenvalue weighted by Crippen LogP contribution is 2.30. The van der Waals surface area contributed by atoms with Gasteiger partial charge in [-0.05, 0) is 44.1 Å². The predicted octanol–water partition coefficient (Wildman–Crippen LogP) is 2.51. The average Bonchev–Trinajstić information content (AvgIpc) is 2.42. The second-order valence-corrected chi connectivity index (χ2v) is 6.50. The zero-order valence-corrected chi connectivity index (χ0v) is 13.0. The van der Waals surface area contributed by atoms with E-state index < -0.39 is 0 Å². The van der Waals surface area contributed by atoms with Crippen molar-refractivity contribution in [2.75, 3.05) is 32.8 Å². The average molecular weight is 268 g/mol. The molecule has 0 spiro atoms. The molecule has 1 saturated heterocycles. The lowest BCUT2D eigenvalue weighted by molar-refractivity contribution is -0.0381. The zero-order valence-electron chi connectivity index (χ0n) is 13.0. The molecule has 3 heteroatoms. The molecule has 0 aromatic rings. The highest BCUT2D eigenvalue weighted by Gasteiger charge is 2.30. The molecule has 1 N–H and O–H groups in total. The van der Waals surface area contributed by atoms with Crippen molar-refractivity contribution in [1.82, 2.24) is 10.2 Å². The standard InChI is InChI=1S/C16H32N2O/c1-4-15-12-18(8-9-19-15)11-14-10-13(3)6-7-16(14)17-5-2/h13-17H,4-12H2,1-3H3. The molecule has 112 valence electrons. The van der Waals surface area contributed by atoms with E-state index >= 15 is 0 Å². The highest BCUT2D eigenvalue weighted by molar-refractivity contribution is 4.86. The van der Waals surface area contributed by atoms with E-state index in [1.807, 2.05) is 0 Å². The number of rotatable bonds is 5. The highest BCUT2D eigenvalue weighted by atomic mass is 16.5. The predicted molar refractivity (Wildman–Crippen MR) is 80.4 cm³/mol. The van der Waals surface area contributed by atoms with Crippen molar-refractivity contribution in [3.8, 4) is 0 Å². The number of morpholine rings is 1. The Kier molecular flexibility index (Phi) is 6.11. The van der Waals surface area contributed by atoms with Gasteiger partial charge in [0.25, 0.3) is 0 Å². The zero-order chi connectivity index (χ0) is 13.7. The van der Waals surface area contributed by atoms with Crippen molar-refractivity contribution in [2.45, 2.75) is 58.6 Å². The van der Waals surface area contributed by atoms with Crippen molar-refractivity contribution in [3.05, 3.63) is 0 Å². The maximum absolute atomic E-state index is 5.78. The lowest BCUT2D eigenvalue weighted by Crippen LogP contribution is -2.49. The van der Waals surface area contributed by atoms with Crippen molar-refractivity contribution in [3.63, 3.8) is 0 Å². The van der Waals surface area contributed by atoms with Crippen LogP contribution in [0.4, 0.5) is 0 Å². The van der Waals surface area contributed by atoms with Crippen LogP contribution in [0.1, 0.15) is 46.5 Å². The Morgan fingerprint density at radius 3 is 2.84 bits per heavy atom. The minimum atomic E-state index is 0.465. The van der Waals surface area contributed by atoms with Gasteiger partial charge in [-0.25, -0.2) is 0 Å². The number of nitrogens with zero attached hydrogens (tertiary/aromatic N) is 1. The number of nitrogens with one attached hydrogen (secondary N) is 1. The smallest absolute Gasteiger partial charge is 0.0700 e. The van der Waals surface area contributed by atoms with Crippen LogP contribution in [0.2, 0.25) is 0 Å². The molecule has 0 radical (unpaired) electrons. The number of hydrogen-bond acceptors (Lipinski definition) is 3. The van der Waals surface area contributed by atoms with Gasteiger partial charge in [0.15, 0.2) is 0 Å². The van der Waals surface area contributed by atoms with Crippen molar-refractivity contribution in [1.29, 1.82) is 0 Å². The van der Waals surface area contributed by atoms with E-state index in [1.54, 1.807) is 0 Å². The molecule has 19 heavy (non-hydrogen) atoms. The largest absolute Gasteiger partial charge is 0.376 e. The normalized spacial score (nSPS) is 37.4. The molecule has 3 nitrogen and oxygen atoms in total. The lowest BCUT2D eigenvalue weighted by atomic mass is 9.78. The van der Waals surface area contributed by atoms with Gasteiger partial charge in [0, 0.05) is 25.7 Å². The van der Waals surface area contributed by atoms with Gasteiger partial charge in [-0.2, -0.15) is 0 Å². The SMILES string of the molecule is CCNC1CCC(C)CC1CN1CCOC(CC)C1. The molecule has 0 amide bonds. The van der Waals surface area contributed by atoms with E-state index in [4.69, 9.17) is 4.74 Å². The second kappa shape index (κ2) is 7.61. The summed E-state index contributed by atoms with van der Waals surface area (Å²) in [5.74, 6) is 1.74. The first kappa shape index (κ1) is 15.3. The summed E-state index contributed by atoms with van der Waals surface area (Å²) in [6, 6.07) is 0.740. The Balaban J connectivity index is 1.86. The minimum Gasteiger partial charge on any atom is -0.376 e. The summed E-state index contributed by atoms with van der Waals surface area (Å²) in [6.07, 6.45) is 5.77. The molecule has 0 bridgehead atoms. The summed E-state index contributed by atoms with van der Waals surface area (Å²) in [5, 5.41) is 3.71. The molecule has 4 unspecified atom stereocenters. The van der Waals surface area contributed by atoms with Gasteiger partial charge in [0.2, 0.25) is 0 Å². The van der Waals surface area contributed by atoms with Crippen LogP contribution >= 0.6 is 0 Å². The number of ether oxygens (including phenoxy) is 1. The summed E-state index contributed by atoms with van der Waals surface area (Å²) >= 11 is 0. The molecule has 2 fully saturated rings. The topological polar surface area (TPSA) is 24.5 Å². The summed E-state index contributed by atoms with van der Waals surface area (Å²) in [4.78, 5) is 2.64. The Labute approximate surface area is 119 Å². The van der Waals surface area contributed by atoms with E-state index in [0.29, 0.717) is 6.10 Å². The van der Waals surface area contributed by atoms with Crippen LogP contribution in [0.15, 0.2) is 0 Å². The Bertz CT molecular complexity index is 259. The van der Waals surface area contributed by atoms with Crippen LogP contribution in [0, 0.1) is 11.8 Å². The fraction of sp³-hybridized carbons (Fsp3) is 1.00. The van der Waals surface area contributed by atoms with Crippen LogP contribution in [-0.4, -0.2) is 49.8 Å². The minimum absolute atomic E-state index is 0.465. The molecule has 0 aromatic heterocycles. The van der Waals surface area contributed by atoms with Crippen LogP contribution < -0.4 is 5.32 Å². The van der Waals surface area contributed by atoms with E-state index in [9.17, 15) is 0 Å². The summed E-state index contributed by atoms with van der Waals surface area (Å²) in [5.41, 5.74) is 0. The Hall–Kier alpha value is -0.120. The lowest BCUT2D eigenvalue weighted by Gasteiger charge is -2.40. The Morgan fingerprint density at radius 1 is 1.26 bits per heavy atom. The van der Waals surface area contributed by atoms with E-state index in [0.717, 1.165) is 50.5 Å². The van der Waals surface area contributed by atoms with Crippen LogP contribution in [0.25, 0.3) is 0 Å². The summed E-state index contributed by atoms with van der Waals surface area (Å²) in [6.45, 7) is 12.4. The molecular formula is C16H32N2O. The van der Waals surface area contributed by atoms with Crippen LogP contribution in [0.5, 0.6) is 0 Å². The third-order valence-electron chi connectivity index (χ3n) is 4.88. The van der Waals surface area contributed by atoms with Gasteiger partial charge >= 0.3 is 0 Å². The van der Waals surface area contributed by atoms with Crippen molar-refractivity contribution in [2.24, 2.45) is 11.8 Å². The van der Waals surface area contributed by atoms with Crippen LogP contribution in [0.3, 0.4) is 0 Å². The quantitative estimate of drug-likeness (QED) is 0.829. The summed E-state index contributed by atoms with van der Waals surface area (Å²) in [7, 11) is 0. The van der Waals surface area contributed by atoms with Gasteiger partial charge in [0.1, 0.15) is 0 Å². The molecule has 1 aliphatic carbocycles. The van der Waals surface area contributed by atoms with E-state index in [1.165, 1.54) is 25.8 Å². The molecule has 1 heterocycles. The van der Waals surface area contributed by atoms with Gasteiger partial charge in [0.05, 0.1) is 12.7 Å². The fourth-order valence-corrected chi connectivity index (χ4v) is 3.76. The van der Waals surface area contributed by atoms with Crippen LogP contribution in [-0.2, 0) is 4.74 Å². The number of hydrogen-bond donors (Lipinski definition) is 1. The third-order valence-corrected chi connectivity index (χ3v) is 4.88. The van der Waals surface area contributed by atoms with Crippen molar-refractivity contribution < 1.29 is 4.74 Å². The van der Waals surface area contributed by atoms with E-state index in [2.05, 4.69) is 31.0 Å². The third kappa shape index (κ3) is 4.44. The molecule has 0 aromatic carbocycles. The van der Waals surface area contributed by atoms with Crippen molar-refractivity contribution >= 4 is 0 Å². The molecule has 2 aliphatic rings. The molecule has 2 rings (SSSR count). The van der Waals surface area contributed by atoms with Gasteiger partial charge in [-0.3, -0.25) is 4.90 Å². The molecular weight excluding hydrogens is 236 g/mol. The Morgan fingerprint density at radius 2 is 2.11 bits per heavy atom.